The van der Waals surface area contributed by atoms with Gasteiger partial charge < -0.3 is 10.2 Å². The van der Waals surface area contributed by atoms with Crippen molar-refractivity contribution in [3.8, 4) is 0 Å². The monoisotopic (exact) mass is 173 g/mol. The second-order valence-corrected chi connectivity index (χ2v) is 4.26. The lowest BCUT2D eigenvalue weighted by Crippen LogP contribution is -2.42. The van der Waals surface area contributed by atoms with Gasteiger partial charge in [0.2, 0.25) is 0 Å². The number of nitrogens with zero attached hydrogens (tertiary/aromatic N) is 1. The van der Waals surface area contributed by atoms with Crippen molar-refractivity contribution in [2.75, 3.05) is 19.7 Å². The molecule has 0 bridgehead atoms. The van der Waals surface area contributed by atoms with Crippen LogP contribution in [0.5, 0.6) is 0 Å². The second-order valence-electron chi connectivity index (χ2n) is 4.26. The predicted molar refractivity (Wildman–Crippen MR) is 48.0 cm³/mol. The lowest BCUT2D eigenvalue weighted by Gasteiger charge is -2.29. The van der Waals surface area contributed by atoms with Crippen molar-refractivity contribution in [3.63, 3.8) is 0 Å². The molecule has 1 fully saturated rings. The van der Waals surface area contributed by atoms with Gasteiger partial charge in [-0.2, -0.15) is 0 Å². The van der Waals surface area contributed by atoms with Crippen LogP contribution in [0.1, 0.15) is 26.7 Å². The van der Waals surface area contributed by atoms with Crippen molar-refractivity contribution >= 4 is 0 Å². The Morgan fingerprint density at radius 1 is 1.50 bits per heavy atom. The zero-order chi connectivity index (χ0) is 9.19. The Balaban J connectivity index is 2.41. The van der Waals surface area contributed by atoms with Gasteiger partial charge in [0, 0.05) is 12.6 Å². The normalized spacial score (nSPS) is 26.5. The van der Waals surface area contributed by atoms with Crippen LogP contribution in [0.15, 0.2) is 0 Å². The molecule has 0 aliphatic carbocycles. The maximum absolute atomic E-state index is 9.57. The summed E-state index contributed by atoms with van der Waals surface area (Å²) >= 11 is 0. The van der Waals surface area contributed by atoms with Gasteiger partial charge >= 0.3 is 0 Å². The largest absolute Gasteiger partial charge is 0.395 e. The van der Waals surface area contributed by atoms with Gasteiger partial charge in [-0.3, -0.25) is 4.90 Å². The van der Waals surface area contributed by atoms with Crippen LogP contribution in [0, 0.1) is 0 Å². The molecule has 2 N–H and O–H groups in total. The highest BCUT2D eigenvalue weighted by Crippen LogP contribution is 2.19. The zero-order valence-electron chi connectivity index (χ0n) is 7.95. The Kier molecular flexibility index (Phi) is 3.09. The van der Waals surface area contributed by atoms with Gasteiger partial charge in [-0.15, -0.1) is 0 Å². The minimum Gasteiger partial charge on any atom is -0.395 e. The molecule has 1 saturated heterocycles. The minimum atomic E-state index is -0.641. The number of likely N-dealkylation sites (tertiary alicyclic amines) is 1. The standard InChI is InChI=1S/C9H19NO2/c1-9(2,12)7-10-5-3-4-8(10)6-11/h8,11-12H,3-7H2,1-2H3/t8-/m1/s1. The van der Waals surface area contributed by atoms with Crippen molar-refractivity contribution in [2.45, 2.75) is 38.3 Å². The molecule has 1 heterocycles. The fourth-order valence-corrected chi connectivity index (χ4v) is 1.81. The summed E-state index contributed by atoms with van der Waals surface area (Å²) < 4.78 is 0. The van der Waals surface area contributed by atoms with E-state index in [4.69, 9.17) is 5.11 Å². The van der Waals surface area contributed by atoms with Crippen LogP contribution in [-0.4, -0.2) is 46.5 Å². The van der Waals surface area contributed by atoms with E-state index >= 15 is 0 Å². The smallest absolute Gasteiger partial charge is 0.0718 e. The van der Waals surface area contributed by atoms with Crippen LogP contribution in [0.2, 0.25) is 0 Å². The molecule has 3 nitrogen and oxygen atoms in total. The maximum atomic E-state index is 9.57. The molecule has 72 valence electrons. The zero-order valence-corrected chi connectivity index (χ0v) is 7.95. The number of aliphatic hydroxyl groups excluding tert-OH is 1. The van der Waals surface area contributed by atoms with E-state index in [0.29, 0.717) is 6.54 Å². The van der Waals surface area contributed by atoms with Crippen LogP contribution in [-0.2, 0) is 0 Å². The molecule has 0 saturated carbocycles. The van der Waals surface area contributed by atoms with Crippen molar-refractivity contribution in [1.82, 2.24) is 4.90 Å². The van der Waals surface area contributed by atoms with Gasteiger partial charge in [0.25, 0.3) is 0 Å². The first-order valence-electron chi connectivity index (χ1n) is 4.60. The topological polar surface area (TPSA) is 43.7 Å². The highest BCUT2D eigenvalue weighted by atomic mass is 16.3. The number of hydrogen-bond acceptors (Lipinski definition) is 3. The number of aliphatic hydroxyl groups is 2. The number of rotatable bonds is 3. The fourth-order valence-electron chi connectivity index (χ4n) is 1.81. The molecule has 1 aliphatic rings. The van der Waals surface area contributed by atoms with Gasteiger partial charge in [-0.05, 0) is 33.2 Å². The van der Waals surface area contributed by atoms with Crippen molar-refractivity contribution < 1.29 is 10.2 Å². The van der Waals surface area contributed by atoms with E-state index < -0.39 is 5.60 Å². The summed E-state index contributed by atoms with van der Waals surface area (Å²) in [6.07, 6.45) is 2.20. The van der Waals surface area contributed by atoms with E-state index in [1.165, 1.54) is 0 Å². The summed E-state index contributed by atoms with van der Waals surface area (Å²) in [6.45, 7) is 5.50. The van der Waals surface area contributed by atoms with Crippen LogP contribution in [0.3, 0.4) is 0 Å². The Bertz CT molecular complexity index is 142. The van der Waals surface area contributed by atoms with Gasteiger partial charge in [-0.25, -0.2) is 0 Å². The molecule has 0 aromatic carbocycles. The number of β-amino-alcohol motifs (C(OH)–C–C–N with tert-alkyl or cyclic N) is 1. The molecule has 1 aliphatic heterocycles. The van der Waals surface area contributed by atoms with Crippen molar-refractivity contribution in [1.29, 1.82) is 0 Å². The second kappa shape index (κ2) is 3.73. The van der Waals surface area contributed by atoms with Crippen molar-refractivity contribution in [2.24, 2.45) is 0 Å². The fraction of sp³-hybridized carbons (Fsp3) is 1.00. The van der Waals surface area contributed by atoms with Crippen LogP contribution in [0.4, 0.5) is 0 Å². The molecule has 0 aromatic heterocycles. The predicted octanol–water partition coefficient (Wildman–Crippen LogP) is 0.214. The van der Waals surface area contributed by atoms with E-state index in [1.807, 2.05) is 0 Å². The van der Waals surface area contributed by atoms with Gasteiger partial charge in [0.15, 0.2) is 0 Å². The van der Waals surface area contributed by atoms with Crippen LogP contribution in [0.25, 0.3) is 0 Å². The lowest BCUT2D eigenvalue weighted by atomic mass is 10.1. The summed E-state index contributed by atoms with van der Waals surface area (Å²) in [5, 5.41) is 18.6. The van der Waals surface area contributed by atoms with Crippen LogP contribution < -0.4 is 0 Å². The number of hydrogen-bond donors (Lipinski definition) is 2. The SMILES string of the molecule is CC(C)(O)CN1CCC[C@@H]1CO. The van der Waals surface area contributed by atoms with E-state index in [9.17, 15) is 5.11 Å². The van der Waals surface area contributed by atoms with Gasteiger partial charge in [0.1, 0.15) is 0 Å². The molecule has 0 unspecified atom stereocenters. The molecular formula is C9H19NO2. The molecular weight excluding hydrogens is 154 g/mol. The maximum Gasteiger partial charge on any atom is 0.0718 e. The Morgan fingerprint density at radius 3 is 2.67 bits per heavy atom. The van der Waals surface area contributed by atoms with Crippen LogP contribution >= 0.6 is 0 Å². The molecule has 0 spiro atoms. The van der Waals surface area contributed by atoms with Gasteiger partial charge in [-0.1, -0.05) is 0 Å². The first kappa shape index (κ1) is 9.96. The molecule has 3 heteroatoms. The summed E-state index contributed by atoms with van der Waals surface area (Å²) in [7, 11) is 0. The van der Waals surface area contributed by atoms with E-state index in [1.54, 1.807) is 13.8 Å². The first-order chi connectivity index (χ1) is 5.53. The molecule has 0 aromatic rings. The highest BCUT2D eigenvalue weighted by Gasteiger charge is 2.27. The summed E-state index contributed by atoms with van der Waals surface area (Å²) in [6, 6.07) is 0.274. The first-order valence-corrected chi connectivity index (χ1v) is 4.60. The Morgan fingerprint density at radius 2 is 2.17 bits per heavy atom. The third kappa shape index (κ3) is 2.73. The van der Waals surface area contributed by atoms with E-state index in [-0.39, 0.29) is 12.6 Å². The average molecular weight is 173 g/mol. The average Bonchev–Trinajstić information content (AvgIpc) is 2.31. The van der Waals surface area contributed by atoms with E-state index in [0.717, 1.165) is 19.4 Å². The molecule has 0 radical (unpaired) electrons. The third-order valence-corrected chi connectivity index (χ3v) is 2.30. The quantitative estimate of drug-likeness (QED) is 0.641. The summed E-state index contributed by atoms with van der Waals surface area (Å²) in [4.78, 5) is 2.17. The minimum absolute atomic E-state index is 0.218. The Hall–Kier alpha value is -0.120. The molecule has 0 amide bonds. The Labute approximate surface area is 74.0 Å². The highest BCUT2D eigenvalue weighted by molar-refractivity contribution is 4.82. The lowest BCUT2D eigenvalue weighted by molar-refractivity contribution is 0.0234. The molecule has 12 heavy (non-hydrogen) atoms. The van der Waals surface area contributed by atoms with Gasteiger partial charge in [0.05, 0.1) is 12.2 Å². The summed E-state index contributed by atoms with van der Waals surface area (Å²) in [5.41, 5.74) is -0.641. The molecule has 1 rings (SSSR count). The summed E-state index contributed by atoms with van der Waals surface area (Å²) in [5.74, 6) is 0. The van der Waals surface area contributed by atoms with E-state index in [2.05, 4.69) is 4.90 Å². The third-order valence-electron chi connectivity index (χ3n) is 2.30. The molecule has 1 atom stereocenters. The van der Waals surface area contributed by atoms with Crippen molar-refractivity contribution in [3.05, 3.63) is 0 Å².